The average molecular weight is 409 g/mol. The van der Waals surface area contributed by atoms with E-state index < -0.39 is 0 Å². The monoisotopic (exact) mass is 408 g/mol. The fourth-order valence-corrected chi connectivity index (χ4v) is 5.24. The zero-order chi connectivity index (χ0) is 21.7. The van der Waals surface area contributed by atoms with Crippen LogP contribution in [-0.2, 0) is 19.3 Å². The van der Waals surface area contributed by atoms with Gasteiger partial charge in [0.05, 0.1) is 13.0 Å². The van der Waals surface area contributed by atoms with Crippen LogP contribution in [0.25, 0.3) is 0 Å². The number of hydrogen-bond donors (Lipinski definition) is 0. The first-order valence-electron chi connectivity index (χ1n) is 11.7. The van der Waals surface area contributed by atoms with Crippen LogP contribution >= 0.6 is 0 Å². The Hall–Kier alpha value is -0.870. The van der Waals surface area contributed by atoms with Gasteiger partial charge < -0.3 is 4.74 Å². The molecule has 168 valence electrons. The van der Waals surface area contributed by atoms with E-state index in [4.69, 9.17) is 14.5 Å². The van der Waals surface area contributed by atoms with E-state index in [1.54, 1.807) is 0 Å². The summed E-state index contributed by atoms with van der Waals surface area (Å²) in [5.74, 6) is 0.879. The summed E-state index contributed by atoms with van der Waals surface area (Å²) >= 11 is 0. The Labute approximate surface area is 178 Å². The lowest BCUT2D eigenvalue weighted by Gasteiger charge is -2.41. The van der Waals surface area contributed by atoms with Gasteiger partial charge in [0.15, 0.2) is 0 Å². The summed E-state index contributed by atoms with van der Waals surface area (Å²) in [5.41, 5.74) is 1.64. The maximum atomic E-state index is 11.7. The molecule has 1 heterocycles. The van der Waals surface area contributed by atoms with E-state index in [-0.39, 0.29) is 23.6 Å². The zero-order valence-electron chi connectivity index (χ0n) is 19.7. The van der Waals surface area contributed by atoms with Gasteiger partial charge in [-0.3, -0.25) is 4.79 Å². The predicted molar refractivity (Wildman–Crippen MR) is 117 cm³/mol. The van der Waals surface area contributed by atoms with E-state index in [1.165, 1.54) is 51.2 Å². The largest absolute Gasteiger partial charge is 0.469 e. The lowest BCUT2D eigenvalue weighted by atomic mass is 9.65. The van der Waals surface area contributed by atoms with Gasteiger partial charge >= 0.3 is 5.97 Å². The third-order valence-electron chi connectivity index (χ3n) is 7.57. The molecule has 1 aliphatic heterocycles. The van der Waals surface area contributed by atoms with E-state index >= 15 is 0 Å². The van der Waals surface area contributed by atoms with Crippen molar-refractivity contribution in [2.75, 3.05) is 7.11 Å². The highest BCUT2D eigenvalue weighted by Crippen LogP contribution is 2.46. The number of methoxy groups -OCH3 is 1. The number of ether oxygens (including phenoxy) is 1. The number of carbonyl (C=O) groups excluding carboxylic acids is 1. The van der Waals surface area contributed by atoms with Gasteiger partial charge in [0, 0.05) is 0 Å². The first kappa shape index (κ1) is 24.4. The van der Waals surface area contributed by atoms with Gasteiger partial charge in [0.2, 0.25) is 0 Å². The zero-order valence-corrected chi connectivity index (χ0v) is 19.7. The van der Waals surface area contributed by atoms with Gasteiger partial charge in [-0.1, -0.05) is 52.2 Å². The highest BCUT2D eigenvalue weighted by Gasteiger charge is 2.38. The summed E-state index contributed by atoms with van der Waals surface area (Å²) in [5, 5.41) is 0. The summed E-state index contributed by atoms with van der Waals surface area (Å²) in [4.78, 5) is 23.0. The highest BCUT2D eigenvalue weighted by molar-refractivity contribution is 5.72. The molecular formula is C25H44O4. The summed E-state index contributed by atoms with van der Waals surface area (Å²) in [7, 11) is 1.42. The van der Waals surface area contributed by atoms with Crippen LogP contribution in [0.2, 0.25) is 0 Å². The molecule has 0 aromatic rings. The normalized spacial score (nSPS) is 31.9. The molecule has 0 radical (unpaired) electrons. The maximum Gasteiger partial charge on any atom is 0.311 e. The fourth-order valence-electron chi connectivity index (χ4n) is 5.24. The first-order chi connectivity index (χ1) is 13.6. The van der Waals surface area contributed by atoms with Crippen LogP contribution in [0, 0.1) is 23.2 Å². The Morgan fingerprint density at radius 3 is 2.55 bits per heavy atom. The van der Waals surface area contributed by atoms with Crippen LogP contribution in [0.3, 0.4) is 0 Å². The van der Waals surface area contributed by atoms with Crippen molar-refractivity contribution in [2.24, 2.45) is 23.2 Å². The molecule has 0 aromatic carbocycles. The Morgan fingerprint density at radius 2 is 1.97 bits per heavy atom. The Kier molecular flexibility index (Phi) is 8.78. The van der Waals surface area contributed by atoms with Crippen molar-refractivity contribution in [3.05, 3.63) is 12.2 Å². The quantitative estimate of drug-likeness (QED) is 0.244. The number of carbonyl (C=O) groups is 1. The smallest absolute Gasteiger partial charge is 0.311 e. The topological polar surface area (TPSA) is 44.8 Å². The van der Waals surface area contributed by atoms with E-state index in [9.17, 15) is 4.79 Å². The second-order valence-electron chi connectivity index (χ2n) is 10.6. The molecule has 0 bridgehead atoms. The lowest BCUT2D eigenvalue weighted by molar-refractivity contribution is -0.411. The molecule has 4 heteroatoms. The lowest BCUT2D eigenvalue weighted by Crippen LogP contribution is -2.41. The van der Waals surface area contributed by atoms with Crippen molar-refractivity contribution in [1.82, 2.24) is 0 Å². The maximum absolute atomic E-state index is 11.7. The van der Waals surface area contributed by atoms with Crippen molar-refractivity contribution >= 4 is 5.97 Å². The van der Waals surface area contributed by atoms with Gasteiger partial charge in [-0.2, -0.15) is 0 Å². The molecule has 1 saturated heterocycles. The third kappa shape index (κ3) is 6.82. The fraction of sp³-hybridized carbons (Fsp3) is 0.880. The minimum atomic E-state index is -0.289. The molecule has 0 amide bonds. The van der Waals surface area contributed by atoms with Crippen LogP contribution in [0.4, 0.5) is 0 Å². The summed E-state index contributed by atoms with van der Waals surface area (Å²) in [6, 6.07) is 0. The summed E-state index contributed by atoms with van der Waals surface area (Å²) in [6.07, 6.45) is 11.3. The highest BCUT2D eigenvalue weighted by atomic mass is 17.2. The number of allylic oxidation sites excluding steroid dienone is 1. The van der Waals surface area contributed by atoms with Gasteiger partial charge in [0.25, 0.3) is 0 Å². The van der Waals surface area contributed by atoms with Crippen molar-refractivity contribution in [3.8, 4) is 0 Å². The molecule has 1 saturated carbocycles. The second kappa shape index (κ2) is 10.4. The molecule has 2 fully saturated rings. The Bertz CT molecular complexity index is 545. The molecule has 0 spiro atoms. The molecule has 4 nitrogen and oxygen atoms in total. The molecule has 1 aliphatic carbocycles. The minimum Gasteiger partial charge on any atom is -0.469 e. The van der Waals surface area contributed by atoms with E-state index in [1.807, 2.05) is 6.92 Å². The van der Waals surface area contributed by atoms with E-state index in [2.05, 4.69) is 34.3 Å². The number of rotatable bonds is 9. The van der Waals surface area contributed by atoms with Crippen LogP contribution in [0.5, 0.6) is 0 Å². The molecule has 5 atom stereocenters. The number of hydrogen-bond acceptors (Lipinski definition) is 4. The van der Waals surface area contributed by atoms with Crippen molar-refractivity contribution < 1.29 is 19.3 Å². The second-order valence-corrected chi connectivity index (χ2v) is 10.6. The van der Waals surface area contributed by atoms with Gasteiger partial charge in [-0.05, 0) is 76.0 Å². The minimum absolute atomic E-state index is 0.207. The molecule has 0 aromatic heterocycles. The van der Waals surface area contributed by atoms with E-state index in [0.29, 0.717) is 11.3 Å². The van der Waals surface area contributed by atoms with Crippen LogP contribution in [-0.4, -0.2) is 24.8 Å². The molecule has 0 N–H and O–H groups in total. The Balaban J connectivity index is 1.69. The van der Waals surface area contributed by atoms with Crippen LogP contribution in [0.15, 0.2) is 12.2 Å². The Morgan fingerprint density at radius 1 is 1.24 bits per heavy atom. The van der Waals surface area contributed by atoms with Gasteiger partial charge in [-0.25, -0.2) is 9.78 Å². The molecule has 29 heavy (non-hydrogen) atoms. The average Bonchev–Trinajstić information content (AvgIpc) is 2.66. The first-order valence-corrected chi connectivity index (χ1v) is 11.7. The summed E-state index contributed by atoms with van der Waals surface area (Å²) < 4.78 is 4.81. The third-order valence-corrected chi connectivity index (χ3v) is 7.57. The summed E-state index contributed by atoms with van der Waals surface area (Å²) in [6.45, 7) is 15.6. The van der Waals surface area contributed by atoms with Gasteiger partial charge in [-0.15, -0.1) is 0 Å². The molecule has 3 unspecified atom stereocenters. The molecule has 2 aliphatic rings. The SMILES string of the molecule is C=C1CCCC(C)(C)C1CCC(C)CCC[C@@]1(C)CCC([C@H](C)C(=O)OC)OO1. The van der Waals surface area contributed by atoms with E-state index in [0.717, 1.165) is 31.6 Å². The number of esters is 1. The standard InChI is InChI=1S/C25H44O4/c1-18(12-13-21-19(2)11-9-15-24(21,4)5)10-8-16-25(6)17-14-22(28-29-25)20(3)23(26)27-7/h18,20-22H,2,8-17H2,1,3-7H3/t18?,20-,21?,22?,25-/m0/s1. The molecule has 2 rings (SSSR count). The van der Waals surface area contributed by atoms with Crippen molar-refractivity contribution in [2.45, 2.75) is 111 Å². The predicted octanol–water partition coefficient (Wildman–Crippen LogP) is 6.63. The molecular weight excluding hydrogens is 364 g/mol. The van der Waals surface area contributed by atoms with Gasteiger partial charge in [0.1, 0.15) is 11.7 Å². The van der Waals surface area contributed by atoms with Crippen molar-refractivity contribution in [3.63, 3.8) is 0 Å². The van der Waals surface area contributed by atoms with Crippen molar-refractivity contribution in [1.29, 1.82) is 0 Å². The van der Waals surface area contributed by atoms with Crippen LogP contribution < -0.4 is 0 Å². The van der Waals surface area contributed by atoms with Crippen LogP contribution in [0.1, 0.15) is 98.8 Å².